The molecule has 4 heteroatoms. The lowest BCUT2D eigenvalue weighted by Gasteiger charge is -2.18. The number of hydrogen-bond donors (Lipinski definition) is 2. The van der Waals surface area contributed by atoms with Crippen molar-refractivity contribution in [2.45, 2.75) is 18.9 Å². The van der Waals surface area contributed by atoms with Gasteiger partial charge in [-0.1, -0.05) is 6.07 Å². The predicted molar refractivity (Wildman–Crippen MR) is 74.7 cm³/mol. The maximum atomic E-state index is 4.14. The van der Waals surface area contributed by atoms with Crippen LogP contribution in [-0.4, -0.2) is 28.5 Å². The Kier molecular flexibility index (Phi) is 6.11. The van der Waals surface area contributed by atoms with Crippen LogP contribution in [0.1, 0.15) is 24.4 Å². The minimum Gasteiger partial charge on any atom is -0.368 e. The second-order valence-corrected chi connectivity index (χ2v) is 4.31. The van der Waals surface area contributed by atoms with Gasteiger partial charge in [0.05, 0.1) is 0 Å². The first-order valence-corrected chi connectivity index (χ1v) is 6.06. The summed E-state index contributed by atoms with van der Waals surface area (Å²) in [5.41, 5.74) is 1.36. The van der Waals surface area contributed by atoms with Gasteiger partial charge in [0.1, 0.15) is 0 Å². The third kappa shape index (κ3) is 3.98. The van der Waals surface area contributed by atoms with Gasteiger partial charge in [0.15, 0.2) is 0 Å². The molecule has 98 valence electrons. The highest BCUT2D eigenvalue weighted by molar-refractivity contribution is 5.14. The number of hydrogen-bond acceptors (Lipinski definition) is 3. The fourth-order valence-electron chi connectivity index (χ4n) is 2.18. The Morgan fingerprint density at radius 2 is 2.06 bits per heavy atom. The zero-order chi connectivity index (χ0) is 11.9. The van der Waals surface area contributed by atoms with Crippen molar-refractivity contribution in [1.29, 1.82) is 0 Å². The van der Waals surface area contributed by atoms with Crippen LogP contribution in [0.2, 0.25) is 0 Å². The van der Waals surface area contributed by atoms with Gasteiger partial charge in [-0.15, -0.1) is 0 Å². The predicted octanol–water partition coefficient (Wildman–Crippen LogP) is 3.03. The van der Waals surface area contributed by atoms with E-state index in [1.807, 2.05) is 43.0 Å². The number of aromatic amines is 1. The van der Waals surface area contributed by atoms with E-state index in [1.165, 1.54) is 24.9 Å². The second-order valence-electron chi connectivity index (χ2n) is 4.31. The lowest BCUT2D eigenvalue weighted by Crippen LogP contribution is -2.17. The molecule has 3 rings (SSSR count). The second kappa shape index (κ2) is 7.63. The fourth-order valence-corrected chi connectivity index (χ4v) is 2.18. The van der Waals surface area contributed by atoms with E-state index in [0.29, 0.717) is 6.04 Å². The van der Waals surface area contributed by atoms with Crippen LogP contribution >= 0.6 is 0 Å². The van der Waals surface area contributed by atoms with Gasteiger partial charge in [0, 0.05) is 30.8 Å². The zero-order valence-corrected chi connectivity index (χ0v) is 10.9. The van der Waals surface area contributed by atoms with Crippen LogP contribution in [0.3, 0.4) is 0 Å². The summed E-state index contributed by atoms with van der Waals surface area (Å²) in [6.07, 6.45) is 10.2. The summed E-state index contributed by atoms with van der Waals surface area (Å²) in [5, 5.41) is 0. The highest BCUT2D eigenvalue weighted by Gasteiger charge is 2.21. The maximum absolute atomic E-state index is 4.14. The van der Waals surface area contributed by atoms with Crippen LogP contribution < -0.4 is 6.15 Å². The molecule has 0 aromatic carbocycles. The molecule has 0 saturated carbocycles. The van der Waals surface area contributed by atoms with Crippen LogP contribution in [0.15, 0.2) is 49.1 Å². The molecule has 1 aliphatic heterocycles. The van der Waals surface area contributed by atoms with Crippen molar-refractivity contribution in [3.05, 3.63) is 54.6 Å². The van der Waals surface area contributed by atoms with Crippen LogP contribution in [0, 0.1) is 0 Å². The Bertz CT molecular complexity index is 382. The SMILES string of the molecule is CN1CCCC1c1cccnc1.N.c1cc[nH]c1. The van der Waals surface area contributed by atoms with Gasteiger partial charge in [-0.2, -0.15) is 0 Å². The molecule has 1 fully saturated rings. The quantitative estimate of drug-likeness (QED) is 0.812. The number of H-pyrrole nitrogens is 1. The third-order valence-corrected chi connectivity index (χ3v) is 3.09. The maximum Gasteiger partial charge on any atom is 0.0360 e. The molecular formula is C14H22N4. The van der Waals surface area contributed by atoms with E-state index in [9.17, 15) is 0 Å². The van der Waals surface area contributed by atoms with E-state index in [0.717, 1.165) is 0 Å². The molecule has 0 aliphatic carbocycles. The molecule has 0 amide bonds. The number of nitrogens with zero attached hydrogens (tertiary/aromatic N) is 2. The van der Waals surface area contributed by atoms with Crippen molar-refractivity contribution >= 4 is 0 Å². The highest BCUT2D eigenvalue weighted by atomic mass is 15.1. The van der Waals surface area contributed by atoms with Gasteiger partial charge in [0.25, 0.3) is 0 Å². The largest absolute Gasteiger partial charge is 0.368 e. The normalized spacial score (nSPS) is 18.6. The molecule has 2 aromatic heterocycles. The summed E-state index contributed by atoms with van der Waals surface area (Å²) in [7, 11) is 2.19. The van der Waals surface area contributed by atoms with Crippen molar-refractivity contribution < 1.29 is 0 Å². The van der Waals surface area contributed by atoms with Gasteiger partial charge >= 0.3 is 0 Å². The molecular weight excluding hydrogens is 224 g/mol. The van der Waals surface area contributed by atoms with E-state index in [-0.39, 0.29) is 6.15 Å². The molecule has 1 aliphatic rings. The average Bonchev–Trinajstić information content (AvgIpc) is 3.03. The van der Waals surface area contributed by atoms with Crippen molar-refractivity contribution in [3.8, 4) is 0 Å². The van der Waals surface area contributed by atoms with Gasteiger partial charge in [-0.05, 0) is 50.2 Å². The van der Waals surface area contributed by atoms with Crippen LogP contribution in [0.25, 0.3) is 0 Å². The summed E-state index contributed by atoms with van der Waals surface area (Å²) < 4.78 is 0. The van der Waals surface area contributed by atoms with Gasteiger partial charge in [0.2, 0.25) is 0 Å². The molecule has 1 saturated heterocycles. The van der Waals surface area contributed by atoms with E-state index >= 15 is 0 Å². The number of likely N-dealkylation sites (tertiary alicyclic amines) is 1. The molecule has 4 N–H and O–H groups in total. The van der Waals surface area contributed by atoms with Crippen LogP contribution in [0.4, 0.5) is 0 Å². The Morgan fingerprint density at radius 1 is 1.28 bits per heavy atom. The van der Waals surface area contributed by atoms with E-state index < -0.39 is 0 Å². The van der Waals surface area contributed by atoms with Crippen LogP contribution in [-0.2, 0) is 0 Å². The van der Waals surface area contributed by atoms with Crippen molar-refractivity contribution in [3.63, 3.8) is 0 Å². The van der Waals surface area contributed by atoms with E-state index in [2.05, 4.69) is 28.0 Å². The summed E-state index contributed by atoms with van der Waals surface area (Å²) in [4.78, 5) is 9.40. The minimum atomic E-state index is 0. The Balaban J connectivity index is 0.000000230. The summed E-state index contributed by atoms with van der Waals surface area (Å²) in [5.74, 6) is 0. The summed E-state index contributed by atoms with van der Waals surface area (Å²) in [6, 6.07) is 8.68. The first-order valence-electron chi connectivity index (χ1n) is 6.06. The van der Waals surface area contributed by atoms with Crippen molar-refractivity contribution in [2.75, 3.05) is 13.6 Å². The first kappa shape index (κ1) is 14.4. The average molecular weight is 246 g/mol. The molecule has 0 bridgehead atoms. The number of rotatable bonds is 1. The Labute approximate surface area is 109 Å². The van der Waals surface area contributed by atoms with Crippen molar-refractivity contribution in [2.24, 2.45) is 0 Å². The monoisotopic (exact) mass is 246 g/mol. The first-order chi connectivity index (χ1) is 8.38. The molecule has 0 radical (unpaired) electrons. The smallest absolute Gasteiger partial charge is 0.0360 e. The lowest BCUT2D eigenvalue weighted by atomic mass is 10.1. The zero-order valence-electron chi connectivity index (χ0n) is 10.9. The fraction of sp³-hybridized carbons (Fsp3) is 0.357. The van der Waals surface area contributed by atoms with Gasteiger partial charge < -0.3 is 11.1 Å². The van der Waals surface area contributed by atoms with E-state index in [1.54, 1.807) is 0 Å². The number of pyridine rings is 1. The number of nitrogens with one attached hydrogen (secondary N) is 1. The van der Waals surface area contributed by atoms with Gasteiger partial charge in [-0.3, -0.25) is 9.88 Å². The Morgan fingerprint density at radius 3 is 2.50 bits per heavy atom. The summed E-state index contributed by atoms with van der Waals surface area (Å²) in [6.45, 7) is 1.22. The topological polar surface area (TPSA) is 66.9 Å². The van der Waals surface area contributed by atoms with Gasteiger partial charge in [-0.25, -0.2) is 0 Å². The molecule has 18 heavy (non-hydrogen) atoms. The van der Waals surface area contributed by atoms with Crippen molar-refractivity contribution in [1.82, 2.24) is 21.0 Å². The molecule has 1 atom stereocenters. The molecule has 0 spiro atoms. The molecule has 4 nitrogen and oxygen atoms in total. The minimum absolute atomic E-state index is 0. The third-order valence-electron chi connectivity index (χ3n) is 3.09. The van der Waals surface area contributed by atoms with E-state index in [4.69, 9.17) is 0 Å². The standard InChI is InChI=1S/C10H14N2.C4H5N.H3N/c1-12-7-3-5-10(12)9-4-2-6-11-8-9;1-2-4-5-3-1;/h2,4,6,8,10H,3,5,7H2,1H3;1-5H;1H3. The lowest BCUT2D eigenvalue weighted by molar-refractivity contribution is 0.317. The highest BCUT2D eigenvalue weighted by Crippen LogP contribution is 2.29. The molecule has 2 aromatic rings. The Hall–Kier alpha value is -1.65. The molecule has 3 heterocycles. The van der Waals surface area contributed by atoms with Crippen LogP contribution in [0.5, 0.6) is 0 Å². The molecule has 1 unspecified atom stereocenters. The summed E-state index contributed by atoms with van der Waals surface area (Å²) >= 11 is 0. The number of aromatic nitrogens is 2.